The molecule has 0 spiro atoms. The van der Waals surface area contributed by atoms with Crippen molar-refractivity contribution in [3.63, 3.8) is 0 Å². The quantitative estimate of drug-likeness (QED) is 0.271. The summed E-state index contributed by atoms with van der Waals surface area (Å²) >= 11 is 7.83. The molecule has 230 valence electrons. The van der Waals surface area contributed by atoms with Crippen molar-refractivity contribution in [1.29, 1.82) is 5.26 Å². The van der Waals surface area contributed by atoms with Gasteiger partial charge in [0.1, 0.15) is 47.6 Å². The van der Waals surface area contributed by atoms with Gasteiger partial charge in [-0.1, -0.05) is 17.7 Å². The Hall–Kier alpha value is -3.57. The molecule has 2 fully saturated rings. The highest BCUT2D eigenvalue weighted by Gasteiger charge is 2.49. The molecule has 9 nitrogen and oxygen atoms in total. The molecule has 0 aliphatic carbocycles. The number of anilines is 2. The summed E-state index contributed by atoms with van der Waals surface area (Å²) in [5, 5.41) is 10.3. The van der Waals surface area contributed by atoms with Gasteiger partial charge in [-0.15, -0.1) is 11.3 Å². The average Bonchev–Trinajstić information content (AvgIpc) is 3.60. The van der Waals surface area contributed by atoms with E-state index >= 15 is 4.39 Å². The van der Waals surface area contributed by atoms with Crippen LogP contribution in [0.1, 0.15) is 24.8 Å². The van der Waals surface area contributed by atoms with E-state index in [1.165, 1.54) is 12.1 Å². The molecule has 3 aliphatic rings. The van der Waals surface area contributed by atoms with Gasteiger partial charge in [-0.05, 0) is 31.0 Å². The summed E-state index contributed by atoms with van der Waals surface area (Å²) < 4.78 is 63.9. The second-order valence-corrected chi connectivity index (χ2v) is 12.8. The first kappa shape index (κ1) is 29.2. The minimum absolute atomic E-state index is 0.0306. The molecule has 2 atom stereocenters. The molecule has 0 saturated carbocycles. The van der Waals surface area contributed by atoms with Crippen LogP contribution in [0.2, 0.25) is 5.02 Å². The van der Waals surface area contributed by atoms with E-state index in [1.807, 2.05) is 11.0 Å². The maximum absolute atomic E-state index is 16.9. The Bertz CT molecular complexity index is 1850. The summed E-state index contributed by atoms with van der Waals surface area (Å²) in [5.41, 5.74) is 5.58. The van der Waals surface area contributed by atoms with E-state index in [1.54, 1.807) is 7.11 Å². The van der Waals surface area contributed by atoms with Crippen LogP contribution < -0.4 is 20.1 Å². The average molecular weight is 645 g/mol. The first-order valence-electron chi connectivity index (χ1n) is 14.3. The highest BCUT2D eigenvalue weighted by molar-refractivity contribution is 7.23. The molecule has 44 heavy (non-hydrogen) atoms. The summed E-state index contributed by atoms with van der Waals surface area (Å²) in [6.45, 7) is 2.67. The van der Waals surface area contributed by atoms with Crippen LogP contribution in [0.25, 0.3) is 32.1 Å². The van der Waals surface area contributed by atoms with Crippen molar-refractivity contribution >= 4 is 54.7 Å². The third-order valence-electron chi connectivity index (χ3n) is 8.85. The largest absolute Gasteiger partial charge is 0.489 e. The molecule has 0 bridgehead atoms. The van der Waals surface area contributed by atoms with Crippen LogP contribution in [0.3, 0.4) is 0 Å². The predicted molar refractivity (Wildman–Crippen MR) is 163 cm³/mol. The number of benzene rings is 2. The highest BCUT2D eigenvalue weighted by Crippen LogP contribution is 2.50. The van der Waals surface area contributed by atoms with Crippen LogP contribution in [0, 0.1) is 23.0 Å². The first-order chi connectivity index (χ1) is 21.3. The molecular weight excluding hydrogens is 617 g/mol. The van der Waals surface area contributed by atoms with Crippen molar-refractivity contribution in [2.45, 2.75) is 31.0 Å². The summed E-state index contributed by atoms with van der Waals surface area (Å²) in [6.07, 6.45) is 1.13. The van der Waals surface area contributed by atoms with Gasteiger partial charge < -0.3 is 24.8 Å². The van der Waals surface area contributed by atoms with E-state index in [2.05, 4.69) is 9.88 Å². The Morgan fingerprint density at radius 1 is 1.27 bits per heavy atom. The predicted octanol–water partition coefficient (Wildman–Crippen LogP) is 5.70. The Morgan fingerprint density at radius 2 is 2.11 bits per heavy atom. The van der Waals surface area contributed by atoms with E-state index in [-0.39, 0.29) is 72.7 Å². The van der Waals surface area contributed by atoms with Crippen LogP contribution in [-0.2, 0) is 4.74 Å². The number of ether oxygens (including phenoxy) is 3. The van der Waals surface area contributed by atoms with Crippen molar-refractivity contribution < 1.29 is 27.4 Å². The number of halogens is 4. The van der Waals surface area contributed by atoms with Crippen LogP contribution in [-0.4, -0.2) is 79.7 Å². The van der Waals surface area contributed by atoms with E-state index in [9.17, 15) is 14.0 Å². The van der Waals surface area contributed by atoms with E-state index in [4.69, 9.17) is 36.5 Å². The number of aromatic nitrogens is 2. The van der Waals surface area contributed by atoms with Gasteiger partial charge in [0.2, 0.25) is 0 Å². The Balaban J connectivity index is 1.44. The van der Waals surface area contributed by atoms with Crippen molar-refractivity contribution in [2.24, 2.45) is 0 Å². The Kier molecular flexibility index (Phi) is 7.36. The smallest absolute Gasteiger partial charge is 0.319 e. The second kappa shape index (κ2) is 11.1. The zero-order valence-corrected chi connectivity index (χ0v) is 25.3. The van der Waals surface area contributed by atoms with Crippen molar-refractivity contribution in [2.75, 3.05) is 63.7 Å². The number of hydrogen-bond donors (Lipinski definition) is 1. The third kappa shape index (κ3) is 4.50. The number of thiophene rings is 1. The molecule has 14 heteroatoms. The second-order valence-electron chi connectivity index (χ2n) is 11.3. The number of methoxy groups -OCH3 is 1. The number of rotatable bonds is 7. The number of nitrogens with two attached hydrogens (primary N) is 1. The fourth-order valence-corrected chi connectivity index (χ4v) is 8.12. The number of nitriles is 1. The fourth-order valence-electron chi connectivity index (χ4n) is 6.84. The topological polar surface area (TPSA) is 110 Å². The lowest BCUT2D eigenvalue weighted by Crippen LogP contribution is -2.43. The molecule has 0 radical (unpaired) electrons. The molecule has 2 saturated heterocycles. The lowest BCUT2D eigenvalue weighted by molar-refractivity contribution is 0.107. The lowest BCUT2D eigenvalue weighted by Gasteiger charge is -2.31. The van der Waals surface area contributed by atoms with Gasteiger partial charge in [0.15, 0.2) is 11.6 Å². The SMILES string of the molecule is COCCN1CCOc2c(Cl)c(-c3ccc(F)c4sc(N)c(C#N)c34)c(F)c3nc(OC[C@@]45CCCN4C[C@H](F)C5)nc1c23. The van der Waals surface area contributed by atoms with E-state index in [0.717, 1.165) is 30.7 Å². The molecular formula is C30H28ClF3N6O3S. The minimum Gasteiger partial charge on any atom is -0.489 e. The van der Waals surface area contributed by atoms with Crippen LogP contribution >= 0.6 is 22.9 Å². The molecule has 4 aromatic rings. The zero-order valence-electron chi connectivity index (χ0n) is 23.8. The van der Waals surface area contributed by atoms with Crippen molar-refractivity contribution in [3.05, 3.63) is 34.4 Å². The fraction of sp³-hybridized carbons (Fsp3) is 0.433. The van der Waals surface area contributed by atoms with Crippen LogP contribution in [0.5, 0.6) is 11.8 Å². The van der Waals surface area contributed by atoms with Gasteiger partial charge in [-0.2, -0.15) is 15.2 Å². The van der Waals surface area contributed by atoms with Gasteiger partial charge in [-0.3, -0.25) is 4.90 Å². The van der Waals surface area contributed by atoms with Crippen molar-refractivity contribution in [3.8, 4) is 29.0 Å². The molecule has 2 aromatic heterocycles. The minimum atomic E-state index is -0.940. The maximum atomic E-state index is 16.9. The standard InChI is InChI=1S/C30H28ClF3N6O3S/c1-41-9-7-39-8-10-42-25-21-24(37-29(38-28(21)39)43-14-30-5-2-6-40(30)13-15(32)11-30)23(34)20(22(25)31)16-3-4-18(33)26-19(16)17(12-35)27(36)44-26/h3-4,15H,2,5-11,13-14,36H2,1H3/t15-,30+/m1/s1. The van der Waals surface area contributed by atoms with Gasteiger partial charge in [0.05, 0.1) is 39.4 Å². The molecule has 2 N–H and O–H groups in total. The number of fused-ring (bicyclic) bond motifs is 2. The van der Waals surface area contributed by atoms with Gasteiger partial charge in [-0.25, -0.2) is 13.2 Å². The van der Waals surface area contributed by atoms with Gasteiger partial charge >= 0.3 is 6.01 Å². The van der Waals surface area contributed by atoms with Gasteiger partial charge in [0, 0.05) is 37.6 Å². The third-order valence-corrected chi connectivity index (χ3v) is 10.2. The first-order valence-corrected chi connectivity index (χ1v) is 15.5. The Morgan fingerprint density at radius 3 is 2.91 bits per heavy atom. The zero-order chi connectivity index (χ0) is 30.7. The molecule has 0 unspecified atom stereocenters. The maximum Gasteiger partial charge on any atom is 0.319 e. The van der Waals surface area contributed by atoms with Crippen molar-refractivity contribution in [1.82, 2.24) is 14.9 Å². The number of hydrogen-bond acceptors (Lipinski definition) is 10. The number of nitrogen functional groups attached to an aromatic ring is 1. The van der Waals surface area contributed by atoms with Gasteiger partial charge in [0.25, 0.3) is 0 Å². The molecule has 0 amide bonds. The van der Waals surface area contributed by atoms with Crippen LogP contribution in [0.15, 0.2) is 12.1 Å². The Labute approximate surface area is 259 Å². The molecule has 2 aromatic carbocycles. The lowest BCUT2D eigenvalue weighted by atomic mass is 9.95. The normalized spacial score (nSPS) is 21.5. The summed E-state index contributed by atoms with van der Waals surface area (Å²) in [5.74, 6) is -0.883. The van der Waals surface area contributed by atoms with E-state index in [0.29, 0.717) is 38.5 Å². The monoisotopic (exact) mass is 644 g/mol. The molecule has 5 heterocycles. The summed E-state index contributed by atoms with van der Waals surface area (Å²) in [4.78, 5) is 13.2. The molecule has 3 aliphatic heterocycles. The highest BCUT2D eigenvalue weighted by atomic mass is 35.5. The summed E-state index contributed by atoms with van der Waals surface area (Å²) in [7, 11) is 1.58. The number of alkyl halides is 1. The van der Waals surface area contributed by atoms with Crippen LogP contribution in [0.4, 0.5) is 24.0 Å². The summed E-state index contributed by atoms with van der Waals surface area (Å²) in [6, 6.07) is 4.50. The van der Waals surface area contributed by atoms with E-state index < -0.39 is 23.3 Å². The molecule has 7 rings (SSSR count). The number of nitrogens with zero attached hydrogens (tertiary/aromatic N) is 5.